The van der Waals surface area contributed by atoms with E-state index < -0.39 is 12.3 Å². The summed E-state index contributed by atoms with van der Waals surface area (Å²) in [5, 5.41) is 6.59. The number of imide groups is 2. The van der Waals surface area contributed by atoms with Crippen molar-refractivity contribution < 1.29 is 32.5 Å². The Hall–Kier alpha value is -5.68. The molecule has 0 aliphatic carbocycles. The number of alkyl halides is 2. The van der Waals surface area contributed by atoms with Crippen molar-refractivity contribution in [3.63, 3.8) is 0 Å². The molecular formula is C52H53F2N8O4S2+. The molecule has 16 heteroatoms. The number of benzene rings is 2. The van der Waals surface area contributed by atoms with E-state index >= 15 is 8.78 Å². The fourth-order valence-corrected chi connectivity index (χ4v) is 14.3. The van der Waals surface area contributed by atoms with E-state index in [1.54, 1.807) is 17.5 Å². The number of thiophene rings is 2. The Kier molecular flexibility index (Phi) is 10.9. The van der Waals surface area contributed by atoms with Crippen LogP contribution < -0.4 is 25.0 Å². The van der Waals surface area contributed by atoms with Gasteiger partial charge >= 0.3 is 0 Å². The molecule has 0 bridgehead atoms. The Bertz CT molecular complexity index is 3080. The van der Waals surface area contributed by atoms with E-state index in [4.69, 9.17) is 4.98 Å². The quantitative estimate of drug-likeness (QED) is 0.115. The molecule has 350 valence electrons. The second-order valence-corrected chi connectivity index (χ2v) is 21.6. The van der Waals surface area contributed by atoms with Crippen LogP contribution in [0, 0.1) is 13.8 Å². The molecule has 4 aromatic heterocycles. The molecule has 12 rings (SSSR count). The van der Waals surface area contributed by atoms with Crippen LogP contribution in [0.1, 0.15) is 70.5 Å². The first kappa shape index (κ1) is 43.6. The number of nitrogens with zero attached hydrogens (tertiary/aromatic N) is 6. The van der Waals surface area contributed by atoms with E-state index in [9.17, 15) is 19.2 Å². The van der Waals surface area contributed by atoms with Gasteiger partial charge in [-0.3, -0.25) is 34.0 Å². The molecule has 2 N–H and O–H groups in total. The molecular weight excluding hydrogens is 903 g/mol. The summed E-state index contributed by atoms with van der Waals surface area (Å²) in [5.41, 5.74) is 13.3. The molecule has 6 aliphatic rings. The van der Waals surface area contributed by atoms with Gasteiger partial charge in [-0.25, -0.2) is 8.78 Å². The van der Waals surface area contributed by atoms with Crippen LogP contribution in [0.25, 0.3) is 48.4 Å². The number of aryl methyl sites for hydroxylation is 3. The zero-order valence-corrected chi connectivity index (χ0v) is 39.8. The zero-order valence-electron chi connectivity index (χ0n) is 38.2. The maximum absolute atomic E-state index is 16.1. The molecule has 4 atom stereocenters. The van der Waals surface area contributed by atoms with Crippen LogP contribution in [0.4, 0.5) is 20.2 Å². The van der Waals surface area contributed by atoms with Gasteiger partial charge in [0.2, 0.25) is 34.8 Å². The number of aromatic nitrogens is 2. The van der Waals surface area contributed by atoms with E-state index in [2.05, 4.69) is 75.4 Å². The summed E-state index contributed by atoms with van der Waals surface area (Å²) >= 11 is 3.14. The summed E-state index contributed by atoms with van der Waals surface area (Å²) < 4.78 is 36.0. The molecule has 12 nitrogen and oxygen atoms in total. The summed E-state index contributed by atoms with van der Waals surface area (Å²) in [7, 11) is 0. The normalized spacial score (nSPS) is 23.1. The van der Waals surface area contributed by atoms with Crippen molar-refractivity contribution in [3.05, 3.63) is 86.9 Å². The van der Waals surface area contributed by atoms with Gasteiger partial charge in [-0.1, -0.05) is 11.6 Å². The van der Waals surface area contributed by atoms with Crippen molar-refractivity contribution in [1.29, 1.82) is 0 Å². The molecule has 4 fully saturated rings. The highest BCUT2D eigenvalue weighted by Crippen LogP contribution is 2.48. The van der Waals surface area contributed by atoms with Crippen LogP contribution in [-0.4, -0.2) is 102 Å². The summed E-state index contributed by atoms with van der Waals surface area (Å²) in [6.07, 6.45) is 6.21. The number of anilines is 2. The molecule has 4 amide bonds. The first-order chi connectivity index (χ1) is 33.0. The number of hydrogen-bond donors (Lipinski definition) is 2. The maximum atomic E-state index is 16.1. The second-order valence-electron chi connectivity index (χ2n) is 19.4. The average molecular weight is 956 g/mol. The van der Waals surface area contributed by atoms with Crippen molar-refractivity contribution in [3.8, 4) is 27.9 Å². The fourth-order valence-electron chi connectivity index (χ4n) is 12.0. The van der Waals surface area contributed by atoms with Crippen molar-refractivity contribution in [2.24, 2.45) is 0 Å². The first-order valence-corrected chi connectivity index (χ1v) is 25.7. The van der Waals surface area contributed by atoms with Crippen LogP contribution in [0.15, 0.2) is 54.9 Å². The van der Waals surface area contributed by atoms with Crippen molar-refractivity contribution >= 4 is 78.1 Å². The molecule has 2 aromatic carbocycles. The Morgan fingerprint density at radius 1 is 0.662 bits per heavy atom. The largest absolute Gasteiger partial charge is 0.364 e. The van der Waals surface area contributed by atoms with Crippen molar-refractivity contribution in [2.75, 3.05) is 49.1 Å². The summed E-state index contributed by atoms with van der Waals surface area (Å²) in [6, 6.07) is 14.4. The lowest BCUT2D eigenvalue weighted by atomic mass is 9.88. The van der Waals surface area contributed by atoms with Crippen LogP contribution in [0.5, 0.6) is 0 Å². The number of amides is 4. The lowest BCUT2D eigenvalue weighted by Crippen LogP contribution is -2.46. The molecule has 0 spiro atoms. The minimum atomic E-state index is -1.07. The van der Waals surface area contributed by atoms with Gasteiger partial charge in [-0.15, -0.1) is 22.7 Å². The van der Waals surface area contributed by atoms with Gasteiger partial charge in [-0.2, -0.15) is 4.57 Å². The smallest absolute Gasteiger partial charge is 0.230 e. The van der Waals surface area contributed by atoms with Gasteiger partial charge in [0.15, 0.2) is 6.20 Å². The highest BCUT2D eigenvalue weighted by atomic mass is 32.1. The Balaban J connectivity index is 1.06. The van der Waals surface area contributed by atoms with Crippen LogP contribution in [0.2, 0.25) is 0 Å². The number of nitrogens with one attached hydrogen (secondary N) is 2. The highest BCUT2D eigenvalue weighted by Gasteiger charge is 2.41. The van der Waals surface area contributed by atoms with Gasteiger partial charge in [0.1, 0.15) is 17.0 Å². The van der Waals surface area contributed by atoms with Gasteiger partial charge in [0, 0.05) is 132 Å². The van der Waals surface area contributed by atoms with E-state index in [1.807, 2.05) is 12.1 Å². The standard InChI is InChI=1S/C52H53F2N8O4S2/c1-28-17-30-5-3-14-58(42-24-55-22-38(42)53)49(30)36(18-28)34-12-16-60(41-21-32(68-52(34)41)27-62-46(65)9-10-47(62)66)48-29(2)19-37(50-35(48)6-4-15-59(50)43-25-56-23-39(43)54)33-11-13-57-40-20-31(67-51(33)40)26-61-44(63)7-8-45(61)64/h11-13,16-21,38-39,42-43,55-56H,3-10,14-15,22-27H2,1-2H3/q+1/t38-,39+,42-,43+/m1/s1. The Morgan fingerprint density at radius 2 is 1.25 bits per heavy atom. The number of pyridine rings is 2. The lowest BCUT2D eigenvalue weighted by Gasteiger charge is -2.39. The molecule has 6 aromatic rings. The SMILES string of the molecule is Cc1cc2c(c(-c3cc[n+](-c4c(C)cc(-c5ccnc6cc(CN7C(=O)CCC7=O)sc56)c5c4CCCN5[C@H]4CNC[C@@H]4F)c4cc(CN5C(=O)CCC5=O)sc34)c1)N([C@@H]1CNC[C@H]1F)CCC2. The first-order valence-electron chi connectivity index (χ1n) is 24.1. The van der Waals surface area contributed by atoms with Gasteiger partial charge in [0.05, 0.1) is 41.1 Å². The summed E-state index contributed by atoms with van der Waals surface area (Å²) in [5.74, 6) is -0.641. The molecule has 4 saturated heterocycles. The van der Waals surface area contributed by atoms with Crippen LogP contribution in [-0.2, 0) is 45.1 Å². The Morgan fingerprint density at radius 3 is 1.90 bits per heavy atom. The van der Waals surface area contributed by atoms with Crippen molar-refractivity contribution in [2.45, 2.75) is 103 Å². The molecule has 10 heterocycles. The predicted octanol–water partition coefficient (Wildman–Crippen LogP) is 7.16. The minimum Gasteiger partial charge on any atom is -0.364 e. The number of carbonyl (C=O) groups excluding carboxylic acids is 4. The average Bonchev–Trinajstić information content (AvgIpc) is 4.21. The molecule has 6 aliphatic heterocycles. The molecule has 0 saturated carbocycles. The summed E-state index contributed by atoms with van der Waals surface area (Å²) in [4.78, 5) is 65.3. The third-order valence-corrected chi connectivity index (χ3v) is 17.3. The van der Waals surface area contributed by atoms with Crippen molar-refractivity contribution in [1.82, 2.24) is 25.4 Å². The fraction of sp³-hybridized carbons (Fsp3) is 0.423. The van der Waals surface area contributed by atoms with Gasteiger partial charge < -0.3 is 20.4 Å². The minimum absolute atomic E-state index is 0.158. The third-order valence-electron chi connectivity index (χ3n) is 15.0. The number of rotatable bonds is 9. The van der Waals surface area contributed by atoms with E-state index in [0.29, 0.717) is 26.2 Å². The third kappa shape index (κ3) is 7.23. The number of hydrogen-bond acceptors (Lipinski definition) is 11. The van der Waals surface area contributed by atoms with Crippen LogP contribution in [0.3, 0.4) is 0 Å². The van der Waals surface area contributed by atoms with Crippen LogP contribution >= 0.6 is 22.7 Å². The molecule has 68 heavy (non-hydrogen) atoms. The number of likely N-dealkylation sites (tertiary alicyclic amines) is 2. The monoisotopic (exact) mass is 955 g/mol. The lowest BCUT2D eigenvalue weighted by molar-refractivity contribution is -0.568. The van der Waals surface area contributed by atoms with E-state index in [1.165, 1.54) is 26.7 Å². The second kappa shape index (κ2) is 17.1. The topological polar surface area (TPSA) is 122 Å². The Labute approximate surface area is 400 Å². The number of fused-ring (bicyclic) bond motifs is 4. The molecule has 0 radical (unpaired) electrons. The van der Waals surface area contributed by atoms with Gasteiger partial charge in [-0.05, 0) is 69.4 Å². The number of halogens is 2. The molecule has 0 unspecified atom stereocenters. The predicted molar refractivity (Wildman–Crippen MR) is 261 cm³/mol. The highest BCUT2D eigenvalue weighted by molar-refractivity contribution is 7.20. The van der Waals surface area contributed by atoms with Gasteiger partial charge in [0.25, 0.3) is 0 Å². The maximum Gasteiger partial charge on any atom is 0.230 e. The summed E-state index contributed by atoms with van der Waals surface area (Å²) in [6.45, 7) is 7.81. The zero-order chi connectivity index (χ0) is 46.5. The number of carbonyl (C=O) groups is 4. The van der Waals surface area contributed by atoms with E-state index in [-0.39, 0.29) is 81.0 Å². The van der Waals surface area contributed by atoms with E-state index in [0.717, 1.165) is 118 Å².